The van der Waals surface area contributed by atoms with E-state index in [1.54, 1.807) is 0 Å². The lowest BCUT2D eigenvalue weighted by Gasteiger charge is -2.41. The highest BCUT2D eigenvalue weighted by atomic mass is 16.5. The van der Waals surface area contributed by atoms with Gasteiger partial charge in [-0.25, -0.2) is 9.98 Å². The van der Waals surface area contributed by atoms with Gasteiger partial charge in [0.1, 0.15) is 5.82 Å². The molecule has 0 amide bonds. The van der Waals surface area contributed by atoms with E-state index < -0.39 is 0 Å². The summed E-state index contributed by atoms with van der Waals surface area (Å²) in [5.41, 5.74) is 1.18. The molecule has 7 heteroatoms. The summed E-state index contributed by atoms with van der Waals surface area (Å²) in [4.78, 5) is 14.4. The average Bonchev–Trinajstić information content (AvgIpc) is 2.77. The number of aliphatic imine (C=N–C) groups is 1. The average molecular weight is 417 g/mol. The molecule has 0 atom stereocenters. The van der Waals surface area contributed by atoms with Crippen molar-refractivity contribution < 1.29 is 4.74 Å². The molecular formula is C23H40N6O. The van der Waals surface area contributed by atoms with Crippen LogP contribution in [0.5, 0.6) is 0 Å². The number of ether oxygens (including phenoxy) is 1. The number of hydrogen-bond donors (Lipinski definition) is 2. The highest BCUT2D eigenvalue weighted by molar-refractivity contribution is 5.79. The minimum absolute atomic E-state index is 0.0507. The second-order valence-electron chi connectivity index (χ2n) is 9.15. The van der Waals surface area contributed by atoms with E-state index in [-0.39, 0.29) is 5.54 Å². The number of piperidine rings is 1. The quantitative estimate of drug-likeness (QED) is 0.526. The van der Waals surface area contributed by atoms with Crippen LogP contribution in [0, 0.1) is 5.92 Å². The largest absolute Gasteiger partial charge is 0.379 e. The smallest absolute Gasteiger partial charge is 0.191 e. The molecule has 3 heterocycles. The van der Waals surface area contributed by atoms with Gasteiger partial charge in [0.05, 0.1) is 19.8 Å². The Morgan fingerprint density at radius 1 is 1.17 bits per heavy atom. The Labute approximate surface area is 182 Å². The van der Waals surface area contributed by atoms with Gasteiger partial charge in [0, 0.05) is 51.0 Å². The van der Waals surface area contributed by atoms with Crippen molar-refractivity contribution in [2.24, 2.45) is 10.9 Å². The van der Waals surface area contributed by atoms with Crippen molar-refractivity contribution in [2.45, 2.75) is 52.6 Å². The summed E-state index contributed by atoms with van der Waals surface area (Å²) in [5.74, 6) is 2.78. The predicted octanol–water partition coefficient (Wildman–Crippen LogP) is 2.48. The molecule has 1 aromatic rings. The first kappa shape index (κ1) is 22.8. The number of aromatic nitrogens is 1. The maximum Gasteiger partial charge on any atom is 0.191 e. The number of hydrogen-bond acceptors (Lipinski definition) is 5. The molecule has 7 nitrogen and oxygen atoms in total. The van der Waals surface area contributed by atoms with E-state index in [0.29, 0.717) is 6.54 Å². The summed E-state index contributed by atoms with van der Waals surface area (Å²) in [7, 11) is 0. The molecule has 1 aromatic heterocycles. The molecule has 2 saturated heterocycles. The number of morpholine rings is 1. The molecular weight excluding hydrogens is 376 g/mol. The first-order valence-electron chi connectivity index (χ1n) is 11.5. The van der Waals surface area contributed by atoms with Crippen LogP contribution in [-0.2, 0) is 11.3 Å². The Balaban J connectivity index is 1.53. The molecule has 0 unspecified atom stereocenters. The van der Waals surface area contributed by atoms with Crippen molar-refractivity contribution in [1.29, 1.82) is 0 Å². The lowest BCUT2D eigenvalue weighted by Crippen LogP contribution is -2.56. The second-order valence-corrected chi connectivity index (χ2v) is 9.15. The molecule has 0 saturated carbocycles. The fourth-order valence-electron chi connectivity index (χ4n) is 4.03. The standard InChI is InChI=1S/C23H40N6O/c1-5-24-22(27-18-23(3,4)29-12-14-30-15-13-29)26-17-20-6-7-21(25-16-20)28-10-8-19(2)9-11-28/h6-7,16,19H,5,8-15,17-18H2,1-4H3,(H2,24,26,27). The third kappa shape index (κ3) is 6.57. The van der Waals surface area contributed by atoms with Crippen molar-refractivity contribution >= 4 is 11.8 Å². The Hall–Kier alpha value is -1.86. The molecule has 0 radical (unpaired) electrons. The van der Waals surface area contributed by atoms with Gasteiger partial charge in [0.2, 0.25) is 0 Å². The van der Waals surface area contributed by atoms with Gasteiger partial charge in [-0.1, -0.05) is 13.0 Å². The highest BCUT2D eigenvalue weighted by Crippen LogP contribution is 2.21. The number of nitrogens with one attached hydrogen (secondary N) is 2. The van der Waals surface area contributed by atoms with Crippen LogP contribution in [0.25, 0.3) is 0 Å². The Bertz CT molecular complexity index is 661. The zero-order valence-corrected chi connectivity index (χ0v) is 19.3. The monoisotopic (exact) mass is 416 g/mol. The molecule has 2 aliphatic heterocycles. The number of pyridine rings is 1. The van der Waals surface area contributed by atoms with Crippen molar-refractivity contribution in [1.82, 2.24) is 20.5 Å². The first-order chi connectivity index (χ1) is 14.5. The first-order valence-corrected chi connectivity index (χ1v) is 11.5. The van der Waals surface area contributed by atoms with Gasteiger partial charge < -0.3 is 20.3 Å². The fraction of sp³-hybridized carbons (Fsp3) is 0.739. The maximum atomic E-state index is 5.49. The number of anilines is 1. The van der Waals surface area contributed by atoms with Crippen molar-refractivity contribution in [3.63, 3.8) is 0 Å². The lowest BCUT2D eigenvalue weighted by atomic mass is 9.99. The Morgan fingerprint density at radius 3 is 2.53 bits per heavy atom. The van der Waals surface area contributed by atoms with Gasteiger partial charge in [0.15, 0.2) is 5.96 Å². The molecule has 168 valence electrons. The predicted molar refractivity (Wildman–Crippen MR) is 124 cm³/mol. The SMILES string of the molecule is CCNC(=NCc1ccc(N2CCC(C)CC2)nc1)NCC(C)(C)N1CCOCC1. The summed E-state index contributed by atoms with van der Waals surface area (Å²) in [6, 6.07) is 4.30. The van der Waals surface area contributed by atoms with Crippen molar-refractivity contribution in [2.75, 3.05) is 57.4 Å². The van der Waals surface area contributed by atoms with Gasteiger partial charge in [-0.3, -0.25) is 4.90 Å². The zero-order chi connectivity index (χ0) is 21.4. The summed E-state index contributed by atoms with van der Waals surface area (Å²) in [6.07, 6.45) is 4.48. The molecule has 0 spiro atoms. The third-order valence-electron chi connectivity index (χ3n) is 6.24. The van der Waals surface area contributed by atoms with Crippen LogP contribution < -0.4 is 15.5 Å². The van der Waals surface area contributed by atoms with Crippen molar-refractivity contribution in [3.05, 3.63) is 23.9 Å². The molecule has 2 fully saturated rings. The van der Waals surface area contributed by atoms with Crippen LogP contribution in [-0.4, -0.2) is 73.9 Å². The number of nitrogens with zero attached hydrogens (tertiary/aromatic N) is 4. The van der Waals surface area contributed by atoms with Crippen LogP contribution in [0.3, 0.4) is 0 Å². The number of rotatable bonds is 7. The molecule has 30 heavy (non-hydrogen) atoms. The molecule has 0 aromatic carbocycles. The lowest BCUT2D eigenvalue weighted by molar-refractivity contribution is -0.00834. The highest BCUT2D eigenvalue weighted by Gasteiger charge is 2.28. The van der Waals surface area contributed by atoms with Gasteiger partial charge in [-0.2, -0.15) is 0 Å². The third-order valence-corrected chi connectivity index (χ3v) is 6.24. The van der Waals surface area contributed by atoms with Gasteiger partial charge in [0.25, 0.3) is 0 Å². The topological polar surface area (TPSA) is 65.0 Å². The normalized spacial score (nSPS) is 19.7. The van der Waals surface area contributed by atoms with Crippen LogP contribution in [0.15, 0.2) is 23.3 Å². The Kier molecular flexibility index (Phi) is 8.33. The molecule has 0 aliphatic carbocycles. The fourth-order valence-corrected chi connectivity index (χ4v) is 4.03. The van der Waals surface area contributed by atoms with E-state index in [9.17, 15) is 0 Å². The minimum Gasteiger partial charge on any atom is -0.379 e. The maximum absolute atomic E-state index is 5.49. The van der Waals surface area contributed by atoms with Crippen LogP contribution in [0.2, 0.25) is 0 Å². The van der Waals surface area contributed by atoms with Crippen LogP contribution in [0.4, 0.5) is 5.82 Å². The molecule has 0 bridgehead atoms. The van der Waals surface area contributed by atoms with E-state index in [0.717, 1.165) is 75.7 Å². The zero-order valence-electron chi connectivity index (χ0n) is 19.3. The van der Waals surface area contributed by atoms with E-state index in [1.807, 2.05) is 6.20 Å². The van der Waals surface area contributed by atoms with E-state index >= 15 is 0 Å². The van der Waals surface area contributed by atoms with E-state index in [2.05, 4.69) is 60.3 Å². The minimum atomic E-state index is 0.0507. The molecule has 2 N–H and O–H groups in total. The van der Waals surface area contributed by atoms with Gasteiger partial charge in [-0.05, 0) is 51.2 Å². The Morgan fingerprint density at radius 2 is 1.90 bits per heavy atom. The van der Waals surface area contributed by atoms with Gasteiger partial charge in [-0.15, -0.1) is 0 Å². The van der Waals surface area contributed by atoms with E-state index in [1.165, 1.54) is 12.8 Å². The second kappa shape index (κ2) is 11.0. The van der Waals surface area contributed by atoms with Crippen LogP contribution >= 0.6 is 0 Å². The van der Waals surface area contributed by atoms with Crippen molar-refractivity contribution in [3.8, 4) is 0 Å². The molecule has 2 aliphatic rings. The summed E-state index contributed by atoms with van der Waals surface area (Å²) in [6.45, 7) is 17.1. The molecule has 3 rings (SSSR count). The summed E-state index contributed by atoms with van der Waals surface area (Å²) >= 11 is 0. The summed E-state index contributed by atoms with van der Waals surface area (Å²) < 4.78 is 5.49. The summed E-state index contributed by atoms with van der Waals surface area (Å²) in [5, 5.41) is 6.89. The van der Waals surface area contributed by atoms with E-state index in [4.69, 9.17) is 14.7 Å². The number of guanidine groups is 1. The van der Waals surface area contributed by atoms with Crippen LogP contribution in [0.1, 0.15) is 46.1 Å². The van der Waals surface area contributed by atoms with Gasteiger partial charge >= 0.3 is 0 Å².